The lowest BCUT2D eigenvalue weighted by molar-refractivity contribution is -0.676. The highest BCUT2D eigenvalue weighted by atomic mass is 32.1. The van der Waals surface area contributed by atoms with E-state index in [-0.39, 0.29) is 11.9 Å². The normalized spacial score (nSPS) is 11.9. The van der Waals surface area contributed by atoms with Gasteiger partial charge in [0.15, 0.2) is 6.54 Å². The largest absolute Gasteiger partial charge is 0.347 e. The minimum Gasteiger partial charge on any atom is -0.347 e. The van der Waals surface area contributed by atoms with E-state index in [2.05, 4.69) is 59.3 Å². The Hall–Kier alpha value is -2.43. The van der Waals surface area contributed by atoms with E-state index in [4.69, 9.17) is 0 Å². The van der Waals surface area contributed by atoms with Crippen LogP contribution in [0.15, 0.2) is 72.1 Å². The minimum atomic E-state index is 0.0561. The monoisotopic (exact) mass is 365 g/mol. The van der Waals surface area contributed by atoms with Crippen LogP contribution in [0.4, 0.5) is 0 Å². The highest BCUT2D eigenvalue weighted by molar-refractivity contribution is 7.10. The van der Waals surface area contributed by atoms with Crippen LogP contribution in [0.3, 0.4) is 0 Å². The molecule has 1 heterocycles. The molecule has 1 atom stereocenters. The van der Waals surface area contributed by atoms with Gasteiger partial charge < -0.3 is 10.6 Å². The number of amides is 1. The molecule has 26 heavy (non-hydrogen) atoms. The highest BCUT2D eigenvalue weighted by Crippen LogP contribution is 2.23. The Morgan fingerprint density at radius 2 is 1.77 bits per heavy atom. The van der Waals surface area contributed by atoms with E-state index < -0.39 is 0 Å². The fourth-order valence-corrected chi connectivity index (χ4v) is 3.79. The van der Waals surface area contributed by atoms with E-state index in [9.17, 15) is 4.79 Å². The molecule has 1 aromatic heterocycles. The number of thiophene rings is 1. The molecule has 0 saturated heterocycles. The zero-order valence-corrected chi connectivity index (χ0v) is 15.8. The van der Waals surface area contributed by atoms with E-state index in [1.165, 1.54) is 16.0 Å². The third-order valence-electron chi connectivity index (χ3n) is 4.47. The molecule has 0 aliphatic carbocycles. The number of quaternary nitrogens is 1. The van der Waals surface area contributed by atoms with Gasteiger partial charge in [-0.15, -0.1) is 11.3 Å². The van der Waals surface area contributed by atoms with Crippen molar-refractivity contribution in [2.75, 3.05) is 6.54 Å². The lowest BCUT2D eigenvalue weighted by Crippen LogP contribution is -2.87. The van der Waals surface area contributed by atoms with Crippen molar-refractivity contribution in [3.8, 4) is 0 Å². The van der Waals surface area contributed by atoms with E-state index in [1.807, 2.05) is 30.3 Å². The smallest absolute Gasteiger partial charge is 0.275 e. The maximum Gasteiger partial charge on any atom is 0.275 e. The Morgan fingerprint density at radius 1 is 1.00 bits per heavy atom. The number of aryl methyl sites for hydroxylation is 1. The van der Waals surface area contributed by atoms with Crippen molar-refractivity contribution in [1.82, 2.24) is 5.32 Å². The molecule has 0 bridgehead atoms. The van der Waals surface area contributed by atoms with Gasteiger partial charge in [0.05, 0.1) is 4.88 Å². The number of rotatable bonds is 8. The number of carbonyl (C=O) groups is 1. The van der Waals surface area contributed by atoms with Crippen LogP contribution in [0.2, 0.25) is 0 Å². The Balaban J connectivity index is 1.61. The predicted octanol–water partition coefficient (Wildman–Crippen LogP) is 3.28. The Kier molecular flexibility index (Phi) is 6.58. The quantitative estimate of drug-likeness (QED) is 0.632. The van der Waals surface area contributed by atoms with Crippen molar-refractivity contribution in [1.29, 1.82) is 0 Å². The van der Waals surface area contributed by atoms with Gasteiger partial charge in [-0.1, -0.05) is 67.6 Å². The second-order valence-corrected chi connectivity index (χ2v) is 7.27. The molecule has 0 unspecified atom stereocenters. The fourth-order valence-electron chi connectivity index (χ4n) is 2.94. The van der Waals surface area contributed by atoms with E-state index in [1.54, 1.807) is 11.3 Å². The number of benzene rings is 2. The summed E-state index contributed by atoms with van der Waals surface area (Å²) in [4.78, 5) is 13.6. The second-order valence-electron chi connectivity index (χ2n) is 6.29. The standard InChI is InChI=1S/C22H24N2OS/c1-2-17-10-12-19(13-11-17)22(20-9-6-14-26-20)24-16-21(25)23-15-18-7-4-3-5-8-18/h3-14,22,24H,2,15-16H2,1H3,(H,23,25)/p+1/t22-/m0/s1. The van der Waals surface area contributed by atoms with Crippen LogP contribution in [0, 0.1) is 0 Å². The summed E-state index contributed by atoms with van der Waals surface area (Å²) in [5.74, 6) is 0.0561. The second kappa shape index (κ2) is 9.32. The molecule has 4 heteroatoms. The first-order valence-electron chi connectivity index (χ1n) is 9.02. The molecule has 0 saturated carbocycles. The van der Waals surface area contributed by atoms with Crippen LogP contribution in [-0.2, 0) is 17.8 Å². The molecule has 0 fully saturated rings. The van der Waals surface area contributed by atoms with Gasteiger partial charge in [0, 0.05) is 12.1 Å². The van der Waals surface area contributed by atoms with Crippen molar-refractivity contribution in [3.63, 3.8) is 0 Å². The van der Waals surface area contributed by atoms with Crippen LogP contribution in [-0.4, -0.2) is 12.5 Å². The molecule has 3 nitrogen and oxygen atoms in total. The molecule has 3 aromatic rings. The topological polar surface area (TPSA) is 45.7 Å². The highest BCUT2D eigenvalue weighted by Gasteiger charge is 2.20. The van der Waals surface area contributed by atoms with Crippen LogP contribution in [0.25, 0.3) is 0 Å². The van der Waals surface area contributed by atoms with E-state index >= 15 is 0 Å². The Morgan fingerprint density at radius 3 is 2.42 bits per heavy atom. The van der Waals surface area contributed by atoms with Crippen molar-refractivity contribution >= 4 is 17.2 Å². The summed E-state index contributed by atoms with van der Waals surface area (Å²) in [5.41, 5.74) is 3.69. The van der Waals surface area contributed by atoms with Gasteiger partial charge >= 0.3 is 0 Å². The lowest BCUT2D eigenvalue weighted by atomic mass is 10.0. The molecule has 2 aromatic carbocycles. The summed E-state index contributed by atoms with van der Waals surface area (Å²) in [6, 6.07) is 23.1. The number of hydrogen-bond donors (Lipinski definition) is 2. The molecule has 3 N–H and O–H groups in total. The first-order chi connectivity index (χ1) is 12.8. The van der Waals surface area contributed by atoms with Crippen molar-refractivity contribution in [2.24, 2.45) is 0 Å². The van der Waals surface area contributed by atoms with Crippen molar-refractivity contribution in [2.45, 2.75) is 25.9 Å². The zero-order valence-electron chi connectivity index (χ0n) is 15.0. The maximum absolute atomic E-state index is 12.3. The maximum atomic E-state index is 12.3. The van der Waals surface area contributed by atoms with Crippen molar-refractivity contribution < 1.29 is 10.1 Å². The fraction of sp³-hybridized carbons (Fsp3) is 0.227. The number of nitrogens with one attached hydrogen (secondary N) is 1. The molecule has 0 aliphatic heterocycles. The van der Waals surface area contributed by atoms with Gasteiger partial charge in [-0.3, -0.25) is 4.79 Å². The van der Waals surface area contributed by atoms with Gasteiger partial charge in [-0.25, -0.2) is 0 Å². The van der Waals surface area contributed by atoms with Gasteiger partial charge in [-0.2, -0.15) is 0 Å². The third kappa shape index (κ3) is 5.04. The summed E-state index contributed by atoms with van der Waals surface area (Å²) in [6.07, 6.45) is 1.04. The summed E-state index contributed by atoms with van der Waals surface area (Å²) in [5, 5.41) is 7.21. The summed E-state index contributed by atoms with van der Waals surface area (Å²) in [6.45, 7) is 3.14. The summed E-state index contributed by atoms with van der Waals surface area (Å²) < 4.78 is 0. The van der Waals surface area contributed by atoms with Crippen LogP contribution < -0.4 is 10.6 Å². The molecule has 0 spiro atoms. The summed E-state index contributed by atoms with van der Waals surface area (Å²) >= 11 is 1.73. The van der Waals surface area contributed by atoms with Gasteiger partial charge in [0.1, 0.15) is 6.04 Å². The van der Waals surface area contributed by atoms with Crippen molar-refractivity contribution in [3.05, 3.63) is 93.7 Å². The molecule has 3 rings (SSSR count). The van der Waals surface area contributed by atoms with E-state index in [0.29, 0.717) is 13.1 Å². The number of nitrogens with two attached hydrogens (primary N) is 1. The lowest BCUT2D eigenvalue weighted by Gasteiger charge is -2.15. The number of hydrogen-bond acceptors (Lipinski definition) is 2. The average Bonchev–Trinajstić information content (AvgIpc) is 3.22. The molecule has 0 radical (unpaired) electrons. The predicted molar refractivity (Wildman–Crippen MR) is 107 cm³/mol. The van der Waals surface area contributed by atoms with Crippen LogP contribution >= 0.6 is 11.3 Å². The van der Waals surface area contributed by atoms with Crippen LogP contribution in [0.5, 0.6) is 0 Å². The molecular formula is C22H25N2OS+. The third-order valence-corrected chi connectivity index (χ3v) is 5.42. The first kappa shape index (κ1) is 18.4. The van der Waals surface area contributed by atoms with Gasteiger partial charge in [-0.05, 0) is 29.0 Å². The van der Waals surface area contributed by atoms with Crippen LogP contribution in [0.1, 0.15) is 34.5 Å². The first-order valence-corrected chi connectivity index (χ1v) is 9.90. The number of carbonyl (C=O) groups excluding carboxylic acids is 1. The zero-order chi connectivity index (χ0) is 18.2. The Labute approximate surface area is 159 Å². The Bertz CT molecular complexity index is 798. The SMILES string of the molecule is CCc1ccc([C@H]([NH2+]CC(=O)NCc2ccccc2)c2cccs2)cc1. The molecular weight excluding hydrogens is 340 g/mol. The average molecular weight is 366 g/mol. The van der Waals surface area contributed by atoms with E-state index in [0.717, 1.165) is 12.0 Å². The van der Waals surface area contributed by atoms with Gasteiger partial charge in [0.2, 0.25) is 0 Å². The molecule has 0 aliphatic rings. The molecule has 1 amide bonds. The van der Waals surface area contributed by atoms with Gasteiger partial charge in [0.25, 0.3) is 5.91 Å². The minimum absolute atomic E-state index is 0.0561. The summed E-state index contributed by atoms with van der Waals surface area (Å²) in [7, 11) is 0. The molecule has 134 valence electrons.